The zero-order chi connectivity index (χ0) is 14.1. The van der Waals surface area contributed by atoms with Crippen LogP contribution in [0.1, 0.15) is 49.8 Å². The first-order valence-corrected chi connectivity index (χ1v) is 7.35. The van der Waals surface area contributed by atoms with E-state index in [2.05, 4.69) is 41.6 Å². The summed E-state index contributed by atoms with van der Waals surface area (Å²) >= 11 is 0. The molecule has 2 aliphatic rings. The van der Waals surface area contributed by atoms with Crippen LogP contribution in [0, 0.1) is 5.92 Å². The Bertz CT molecular complexity index is 546. The summed E-state index contributed by atoms with van der Waals surface area (Å²) in [6.45, 7) is 4.94. The summed E-state index contributed by atoms with van der Waals surface area (Å²) < 4.78 is 0. The lowest BCUT2D eigenvalue weighted by Gasteiger charge is -2.10. The lowest BCUT2D eigenvalue weighted by molar-refractivity contribution is -0.120. The fourth-order valence-electron chi connectivity index (χ4n) is 2.43. The van der Waals surface area contributed by atoms with Crippen molar-refractivity contribution in [1.82, 2.24) is 10.6 Å². The van der Waals surface area contributed by atoms with E-state index >= 15 is 0 Å². The molecule has 1 heterocycles. The zero-order valence-electron chi connectivity index (χ0n) is 12.0. The van der Waals surface area contributed by atoms with Gasteiger partial charge >= 0.3 is 0 Å². The first kappa shape index (κ1) is 13.2. The second-order valence-electron chi connectivity index (χ2n) is 6.09. The van der Waals surface area contributed by atoms with Crippen molar-refractivity contribution in [2.24, 2.45) is 10.9 Å². The minimum Gasteiger partial charge on any atom is -0.340 e. The molecule has 0 spiro atoms. The van der Waals surface area contributed by atoms with E-state index in [9.17, 15) is 4.79 Å². The summed E-state index contributed by atoms with van der Waals surface area (Å²) in [7, 11) is 0. The smallest absolute Gasteiger partial charge is 0.253 e. The largest absolute Gasteiger partial charge is 0.340 e. The van der Waals surface area contributed by atoms with Crippen molar-refractivity contribution >= 4 is 11.9 Å². The Balaban J connectivity index is 1.75. The second kappa shape index (κ2) is 5.27. The van der Waals surface area contributed by atoms with E-state index in [-0.39, 0.29) is 11.9 Å². The Kier molecular flexibility index (Phi) is 3.47. The molecule has 2 N–H and O–H groups in total. The molecule has 1 aliphatic heterocycles. The van der Waals surface area contributed by atoms with Crippen molar-refractivity contribution in [2.75, 3.05) is 6.54 Å². The van der Waals surface area contributed by atoms with Crippen LogP contribution >= 0.6 is 0 Å². The van der Waals surface area contributed by atoms with Crippen molar-refractivity contribution in [1.29, 1.82) is 0 Å². The number of nitrogens with zero attached hydrogens (tertiary/aromatic N) is 1. The monoisotopic (exact) mass is 271 g/mol. The minimum absolute atomic E-state index is 0.0135. The Morgan fingerprint density at radius 1 is 1.30 bits per heavy atom. The Morgan fingerprint density at radius 2 is 2.05 bits per heavy atom. The van der Waals surface area contributed by atoms with Gasteiger partial charge in [-0.1, -0.05) is 38.1 Å². The summed E-state index contributed by atoms with van der Waals surface area (Å²) in [5, 5.41) is 6.01. The normalized spacial score (nSPS) is 24.1. The molecule has 4 heteroatoms. The average Bonchev–Trinajstić information content (AvgIpc) is 3.20. The summed E-state index contributed by atoms with van der Waals surface area (Å²) in [5.74, 6) is 1.78. The van der Waals surface area contributed by atoms with Crippen LogP contribution in [0.15, 0.2) is 29.3 Å². The van der Waals surface area contributed by atoms with E-state index < -0.39 is 0 Å². The maximum Gasteiger partial charge on any atom is 0.253 e. The number of hydrogen-bond acceptors (Lipinski definition) is 2. The van der Waals surface area contributed by atoms with E-state index in [0.29, 0.717) is 17.8 Å². The van der Waals surface area contributed by atoms with Crippen LogP contribution in [0.5, 0.6) is 0 Å². The van der Waals surface area contributed by atoms with Crippen LogP contribution < -0.4 is 10.6 Å². The molecule has 1 unspecified atom stereocenters. The quantitative estimate of drug-likeness (QED) is 0.883. The van der Waals surface area contributed by atoms with Crippen molar-refractivity contribution in [3.8, 4) is 0 Å². The molecule has 1 saturated carbocycles. The van der Waals surface area contributed by atoms with E-state index in [1.165, 1.54) is 18.4 Å². The van der Waals surface area contributed by atoms with Crippen molar-refractivity contribution in [2.45, 2.75) is 38.6 Å². The van der Waals surface area contributed by atoms with Crippen LogP contribution in [0.25, 0.3) is 0 Å². The lowest BCUT2D eigenvalue weighted by Crippen LogP contribution is -2.26. The van der Waals surface area contributed by atoms with Gasteiger partial charge < -0.3 is 5.32 Å². The van der Waals surface area contributed by atoms with Crippen molar-refractivity contribution in [3.05, 3.63) is 35.4 Å². The molecule has 1 aliphatic carbocycles. The molecule has 0 radical (unpaired) electrons. The van der Waals surface area contributed by atoms with Gasteiger partial charge in [-0.2, -0.15) is 0 Å². The van der Waals surface area contributed by atoms with Gasteiger partial charge in [0.1, 0.15) is 6.04 Å². The predicted molar refractivity (Wildman–Crippen MR) is 79.6 cm³/mol. The number of carbonyl (C=O) groups is 1. The molecule has 106 valence electrons. The molecule has 0 aromatic heterocycles. The predicted octanol–water partition coefficient (Wildman–Crippen LogP) is 2.34. The highest BCUT2D eigenvalue weighted by molar-refractivity contribution is 6.06. The third-order valence-corrected chi connectivity index (χ3v) is 3.69. The number of benzene rings is 1. The fraction of sp³-hybridized carbons (Fsp3) is 0.500. The number of carbonyl (C=O) groups excluding carboxylic acids is 1. The summed E-state index contributed by atoms with van der Waals surface area (Å²) in [5.41, 5.74) is 2.38. The van der Waals surface area contributed by atoms with Gasteiger partial charge in [0.2, 0.25) is 0 Å². The number of guanidine groups is 1. The first-order valence-electron chi connectivity index (χ1n) is 7.35. The summed E-state index contributed by atoms with van der Waals surface area (Å²) in [4.78, 5) is 16.5. The van der Waals surface area contributed by atoms with E-state index in [0.717, 1.165) is 12.1 Å². The van der Waals surface area contributed by atoms with Crippen molar-refractivity contribution in [3.63, 3.8) is 0 Å². The van der Waals surface area contributed by atoms with Gasteiger partial charge in [0.25, 0.3) is 5.91 Å². The van der Waals surface area contributed by atoms with Crippen molar-refractivity contribution < 1.29 is 4.79 Å². The Labute approximate surface area is 119 Å². The number of amides is 1. The van der Waals surface area contributed by atoms with Crippen LogP contribution in [-0.2, 0) is 4.79 Å². The SMILES string of the molecule is CC(C)CN=C1NC(=O)C(c2cccc(C3CC3)c2)N1. The van der Waals surface area contributed by atoms with Gasteiger partial charge in [-0.05, 0) is 35.8 Å². The molecule has 1 atom stereocenters. The molecule has 1 aromatic rings. The van der Waals surface area contributed by atoms with Gasteiger partial charge in [-0.3, -0.25) is 15.1 Å². The third-order valence-electron chi connectivity index (χ3n) is 3.69. The van der Waals surface area contributed by atoms with Crippen LogP contribution in [0.4, 0.5) is 0 Å². The molecule has 4 nitrogen and oxygen atoms in total. The second-order valence-corrected chi connectivity index (χ2v) is 6.09. The highest BCUT2D eigenvalue weighted by Crippen LogP contribution is 2.40. The average molecular weight is 271 g/mol. The molecule has 1 aromatic carbocycles. The zero-order valence-corrected chi connectivity index (χ0v) is 12.0. The topological polar surface area (TPSA) is 53.5 Å². The molecule has 1 saturated heterocycles. The van der Waals surface area contributed by atoms with Gasteiger partial charge in [0.05, 0.1) is 0 Å². The molecular weight excluding hydrogens is 250 g/mol. The third kappa shape index (κ3) is 2.84. The van der Waals surface area contributed by atoms with E-state index in [4.69, 9.17) is 0 Å². The molecule has 0 bridgehead atoms. The highest BCUT2D eigenvalue weighted by atomic mass is 16.2. The van der Waals surface area contributed by atoms with Gasteiger partial charge in [-0.15, -0.1) is 0 Å². The van der Waals surface area contributed by atoms with Crippen LogP contribution in [-0.4, -0.2) is 18.4 Å². The van der Waals surface area contributed by atoms with Crippen LogP contribution in [0.3, 0.4) is 0 Å². The van der Waals surface area contributed by atoms with Crippen LogP contribution in [0.2, 0.25) is 0 Å². The summed E-state index contributed by atoms with van der Waals surface area (Å²) in [6.07, 6.45) is 2.55. The standard InChI is InChI=1S/C16H21N3O/c1-10(2)9-17-16-18-14(15(20)19-16)13-5-3-4-12(8-13)11-6-7-11/h3-5,8,10-11,14H,6-7,9H2,1-2H3,(H2,17,18,19,20). The molecule has 3 rings (SSSR count). The Morgan fingerprint density at radius 3 is 2.75 bits per heavy atom. The maximum atomic E-state index is 12.1. The minimum atomic E-state index is -0.306. The number of hydrogen-bond donors (Lipinski definition) is 2. The fourth-order valence-corrected chi connectivity index (χ4v) is 2.43. The highest BCUT2D eigenvalue weighted by Gasteiger charge is 2.31. The molecular formula is C16H21N3O. The Hall–Kier alpha value is -1.84. The van der Waals surface area contributed by atoms with Gasteiger partial charge in [0, 0.05) is 6.54 Å². The molecule has 1 amide bonds. The van der Waals surface area contributed by atoms with E-state index in [1.54, 1.807) is 0 Å². The molecule has 2 fully saturated rings. The first-order chi connectivity index (χ1) is 9.63. The maximum absolute atomic E-state index is 12.1. The summed E-state index contributed by atoms with van der Waals surface area (Å²) in [6, 6.07) is 8.05. The number of rotatable bonds is 4. The van der Waals surface area contributed by atoms with Gasteiger partial charge in [0.15, 0.2) is 5.96 Å². The van der Waals surface area contributed by atoms with Gasteiger partial charge in [-0.25, -0.2) is 0 Å². The lowest BCUT2D eigenvalue weighted by atomic mass is 10.0. The number of aliphatic imine (C=N–C) groups is 1. The molecule has 20 heavy (non-hydrogen) atoms. The van der Waals surface area contributed by atoms with E-state index in [1.807, 2.05) is 12.1 Å². The number of nitrogens with one attached hydrogen (secondary N) is 2.